The first kappa shape index (κ1) is 18.0. The van der Waals surface area contributed by atoms with Crippen LogP contribution in [0.25, 0.3) is 0 Å². The molecule has 0 fully saturated rings. The summed E-state index contributed by atoms with van der Waals surface area (Å²) in [5, 5.41) is 0. The predicted molar refractivity (Wildman–Crippen MR) is 98.9 cm³/mol. The van der Waals surface area contributed by atoms with E-state index in [1.165, 1.54) is 7.11 Å². The monoisotopic (exact) mass is 384 g/mol. The largest absolute Gasteiger partial charge is 0.497 e. The normalized spacial score (nSPS) is 16.0. The summed E-state index contributed by atoms with van der Waals surface area (Å²) in [7, 11) is 4.68. The minimum absolute atomic E-state index is 0.0865. The fourth-order valence-corrected chi connectivity index (χ4v) is 3.57. The molecule has 7 heteroatoms. The lowest BCUT2D eigenvalue weighted by molar-refractivity contribution is -0.136. The summed E-state index contributed by atoms with van der Waals surface area (Å²) in [5.74, 6) is 1.87. The van der Waals surface area contributed by atoms with Gasteiger partial charge in [-0.1, -0.05) is 18.2 Å². The molecule has 2 aliphatic heterocycles. The molecule has 0 aliphatic carbocycles. The third-order valence-electron chi connectivity index (χ3n) is 4.88. The second kappa shape index (κ2) is 7.34. The van der Waals surface area contributed by atoms with Crippen LogP contribution >= 0.6 is 0 Å². The van der Waals surface area contributed by atoms with Gasteiger partial charge in [-0.2, -0.15) is 0 Å². The first-order valence-electron chi connectivity index (χ1n) is 8.72. The predicted octanol–water partition coefficient (Wildman–Crippen LogP) is 3.02. The number of hydrogen-bond donors (Lipinski definition) is 0. The number of rotatable bonds is 6. The molecule has 0 radical (unpaired) electrons. The first-order chi connectivity index (χ1) is 13.7. The summed E-state index contributed by atoms with van der Waals surface area (Å²) in [6.45, 7) is 0.221. The van der Waals surface area contributed by atoms with E-state index in [2.05, 4.69) is 0 Å². The molecule has 0 spiro atoms. The van der Waals surface area contributed by atoms with Crippen molar-refractivity contribution in [1.29, 1.82) is 0 Å². The van der Waals surface area contributed by atoms with Crippen molar-refractivity contribution >= 4 is 5.97 Å². The maximum atomic E-state index is 12.7. The summed E-state index contributed by atoms with van der Waals surface area (Å²) >= 11 is 0. The van der Waals surface area contributed by atoms with E-state index in [1.54, 1.807) is 20.3 Å². The summed E-state index contributed by atoms with van der Waals surface area (Å²) in [4.78, 5) is 12.7. The van der Waals surface area contributed by atoms with Crippen molar-refractivity contribution < 1.29 is 33.2 Å². The zero-order valence-electron chi connectivity index (χ0n) is 15.8. The van der Waals surface area contributed by atoms with Gasteiger partial charge in [0.15, 0.2) is 11.5 Å². The Balaban J connectivity index is 1.99. The number of esters is 1. The molecule has 0 saturated carbocycles. The van der Waals surface area contributed by atoms with Crippen molar-refractivity contribution in [2.75, 3.05) is 34.7 Å². The van der Waals surface area contributed by atoms with Gasteiger partial charge in [-0.3, -0.25) is 0 Å². The molecular weight excluding hydrogens is 364 g/mol. The molecule has 0 saturated heterocycles. The third-order valence-corrected chi connectivity index (χ3v) is 4.88. The molecule has 2 heterocycles. The second-order valence-electron chi connectivity index (χ2n) is 6.24. The Morgan fingerprint density at radius 1 is 0.857 bits per heavy atom. The lowest BCUT2D eigenvalue weighted by Crippen LogP contribution is -2.14. The Morgan fingerprint density at radius 3 is 2.29 bits per heavy atom. The van der Waals surface area contributed by atoms with E-state index in [-0.39, 0.29) is 13.4 Å². The Kier molecular flexibility index (Phi) is 4.73. The van der Waals surface area contributed by atoms with Crippen LogP contribution in [0.4, 0.5) is 0 Å². The fraction of sp³-hybridized carbons (Fsp3) is 0.286. The van der Waals surface area contributed by atoms with Crippen LogP contribution in [0.3, 0.4) is 0 Å². The standard InChI is InChI=1S/C21H20O7/c1-23-14-7-5-4-6-12(14)19(20-18(25-3)10-26-21(20)22)13-8-16-17(28-11-27-16)9-15(13)24-2/h4-9,19H,10-11H2,1-3H3. The van der Waals surface area contributed by atoms with Crippen LogP contribution in [-0.4, -0.2) is 40.7 Å². The van der Waals surface area contributed by atoms with Crippen LogP contribution in [-0.2, 0) is 14.3 Å². The third kappa shape index (κ3) is 2.89. The van der Waals surface area contributed by atoms with Crippen LogP contribution in [0.5, 0.6) is 23.0 Å². The number of methoxy groups -OCH3 is 3. The molecule has 0 amide bonds. The number of carbonyl (C=O) groups excluding carboxylic acids is 1. The molecule has 7 nitrogen and oxygen atoms in total. The van der Waals surface area contributed by atoms with E-state index in [0.717, 1.165) is 11.1 Å². The number of cyclic esters (lactones) is 1. The van der Waals surface area contributed by atoms with Crippen LogP contribution in [0.1, 0.15) is 17.0 Å². The van der Waals surface area contributed by atoms with E-state index < -0.39 is 11.9 Å². The van der Waals surface area contributed by atoms with Gasteiger partial charge < -0.3 is 28.4 Å². The lowest BCUT2D eigenvalue weighted by Gasteiger charge is -2.23. The topological polar surface area (TPSA) is 72.5 Å². The van der Waals surface area contributed by atoms with Gasteiger partial charge >= 0.3 is 5.97 Å². The van der Waals surface area contributed by atoms with Gasteiger partial charge in [0.25, 0.3) is 0 Å². The van der Waals surface area contributed by atoms with Crippen molar-refractivity contribution in [3.8, 4) is 23.0 Å². The molecule has 4 rings (SSSR count). The molecule has 146 valence electrons. The van der Waals surface area contributed by atoms with E-state index in [9.17, 15) is 4.79 Å². The zero-order valence-corrected chi connectivity index (χ0v) is 15.8. The van der Waals surface area contributed by atoms with Gasteiger partial charge in [0.05, 0.1) is 32.8 Å². The van der Waals surface area contributed by atoms with Crippen LogP contribution < -0.4 is 18.9 Å². The Morgan fingerprint density at radius 2 is 1.57 bits per heavy atom. The van der Waals surface area contributed by atoms with Gasteiger partial charge in [-0.05, 0) is 12.1 Å². The highest BCUT2D eigenvalue weighted by Crippen LogP contribution is 2.48. The van der Waals surface area contributed by atoms with Crippen LogP contribution in [0.2, 0.25) is 0 Å². The van der Waals surface area contributed by atoms with Gasteiger partial charge in [-0.25, -0.2) is 4.79 Å². The summed E-state index contributed by atoms with van der Waals surface area (Å²) in [6.07, 6.45) is 0. The summed E-state index contributed by atoms with van der Waals surface area (Å²) < 4.78 is 32.9. The highest BCUT2D eigenvalue weighted by atomic mass is 16.7. The molecular formula is C21H20O7. The highest BCUT2D eigenvalue weighted by molar-refractivity contribution is 5.94. The quantitative estimate of drug-likeness (QED) is 0.709. The molecule has 2 aromatic rings. The number of ether oxygens (including phenoxy) is 6. The van der Waals surface area contributed by atoms with Gasteiger partial charge in [0, 0.05) is 17.2 Å². The Labute approximate surface area is 162 Å². The number of fused-ring (bicyclic) bond motifs is 1. The molecule has 28 heavy (non-hydrogen) atoms. The Bertz CT molecular complexity index is 948. The first-order valence-corrected chi connectivity index (χ1v) is 8.72. The second-order valence-corrected chi connectivity index (χ2v) is 6.24. The van der Waals surface area contributed by atoms with Gasteiger partial charge in [0.2, 0.25) is 6.79 Å². The molecule has 0 bridgehead atoms. The number of hydrogen-bond acceptors (Lipinski definition) is 7. The molecule has 1 unspecified atom stereocenters. The van der Waals surface area contributed by atoms with E-state index in [1.807, 2.05) is 30.3 Å². The molecule has 2 aromatic carbocycles. The minimum atomic E-state index is -0.537. The lowest BCUT2D eigenvalue weighted by atomic mass is 9.83. The van der Waals surface area contributed by atoms with Crippen molar-refractivity contribution in [3.05, 3.63) is 58.9 Å². The average molecular weight is 384 g/mol. The molecule has 0 N–H and O–H groups in total. The van der Waals surface area contributed by atoms with Crippen molar-refractivity contribution in [2.24, 2.45) is 0 Å². The smallest absolute Gasteiger partial charge is 0.339 e. The van der Waals surface area contributed by atoms with Crippen LogP contribution in [0, 0.1) is 0 Å². The number of carbonyl (C=O) groups is 1. The molecule has 1 atom stereocenters. The van der Waals surface area contributed by atoms with E-state index in [0.29, 0.717) is 34.3 Å². The molecule has 0 aromatic heterocycles. The zero-order chi connectivity index (χ0) is 19.7. The Hall–Kier alpha value is -3.35. The van der Waals surface area contributed by atoms with Crippen molar-refractivity contribution in [2.45, 2.75) is 5.92 Å². The van der Waals surface area contributed by atoms with Crippen LogP contribution in [0.15, 0.2) is 47.7 Å². The number of para-hydroxylation sites is 1. The average Bonchev–Trinajstić information content (AvgIpc) is 3.34. The fourth-order valence-electron chi connectivity index (χ4n) is 3.57. The number of benzene rings is 2. The molecule has 2 aliphatic rings. The highest BCUT2D eigenvalue weighted by Gasteiger charge is 2.38. The summed E-state index contributed by atoms with van der Waals surface area (Å²) in [5.41, 5.74) is 1.91. The van der Waals surface area contributed by atoms with Crippen molar-refractivity contribution in [1.82, 2.24) is 0 Å². The van der Waals surface area contributed by atoms with Gasteiger partial charge in [0.1, 0.15) is 23.9 Å². The summed E-state index contributed by atoms with van der Waals surface area (Å²) in [6, 6.07) is 11.1. The SMILES string of the molecule is COC1=C(C(c2ccccc2OC)c2cc3c(cc2OC)OCO3)C(=O)OC1. The van der Waals surface area contributed by atoms with Crippen molar-refractivity contribution in [3.63, 3.8) is 0 Å². The maximum absolute atomic E-state index is 12.7. The van der Waals surface area contributed by atoms with Gasteiger partial charge in [-0.15, -0.1) is 0 Å². The van der Waals surface area contributed by atoms with E-state index in [4.69, 9.17) is 28.4 Å². The van der Waals surface area contributed by atoms with E-state index >= 15 is 0 Å². The minimum Gasteiger partial charge on any atom is -0.497 e. The maximum Gasteiger partial charge on any atom is 0.339 e.